The number of anilines is 2. The molecule has 2 N–H and O–H groups in total. The average molecular weight is 466 g/mol. The first-order valence-corrected chi connectivity index (χ1v) is 9.28. The van der Waals surface area contributed by atoms with Crippen molar-refractivity contribution in [2.75, 3.05) is 36.4 Å². The maximum atomic E-state index is 12.4. The SMILES string of the molecule is Cc1ccc(NC(=O)c2ccc(N3CCN(C(=O)O)CC3)nc2)cc1I. The van der Waals surface area contributed by atoms with Gasteiger partial charge in [0, 0.05) is 41.6 Å². The second-order valence-corrected chi connectivity index (χ2v) is 7.24. The summed E-state index contributed by atoms with van der Waals surface area (Å²) in [4.78, 5) is 31.1. The standard InChI is InChI=1S/C18H19IN4O3/c1-12-2-4-14(10-15(12)19)21-17(24)13-3-5-16(20-11-13)22-6-8-23(9-7-22)18(25)26/h2-5,10-11H,6-9H2,1H3,(H,21,24)(H,25,26). The first-order chi connectivity index (χ1) is 12.4. The van der Waals surface area contributed by atoms with E-state index in [4.69, 9.17) is 5.11 Å². The van der Waals surface area contributed by atoms with Gasteiger partial charge in [0.15, 0.2) is 0 Å². The van der Waals surface area contributed by atoms with Crippen LogP contribution in [0.4, 0.5) is 16.3 Å². The van der Waals surface area contributed by atoms with E-state index in [1.54, 1.807) is 18.3 Å². The second-order valence-electron chi connectivity index (χ2n) is 6.08. The normalized spacial score (nSPS) is 14.2. The van der Waals surface area contributed by atoms with E-state index >= 15 is 0 Å². The molecule has 2 heterocycles. The summed E-state index contributed by atoms with van der Waals surface area (Å²) < 4.78 is 1.09. The molecule has 0 atom stereocenters. The van der Waals surface area contributed by atoms with Crippen molar-refractivity contribution in [2.45, 2.75) is 6.92 Å². The smallest absolute Gasteiger partial charge is 0.407 e. The van der Waals surface area contributed by atoms with Crippen LogP contribution in [-0.4, -0.2) is 53.2 Å². The lowest BCUT2D eigenvalue weighted by Crippen LogP contribution is -2.48. The number of nitrogens with one attached hydrogen (secondary N) is 1. The Morgan fingerprint density at radius 3 is 2.46 bits per heavy atom. The van der Waals surface area contributed by atoms with Gasteiger partial charge in [0.1, 0.15) is 5.82 Å². The predicted molar refractivity (Wildman–Crippen MR) is 108 cm³/mol. The van der Waals surface area contributed by atoms with Crippen LogP contribution < -0.4 is 10.2 Å². The van der Waals surface area contributed by atoms with E-state index in [-0.39, 0.29) is 5.91 Å². The van der Waals surface area contributed by atoms with Crippen LogP contribution in [0.15, 0.2) is 36.5 Å². The molecule has 3 rings (SSSR count). The lowest BCUT2D eigenvalue weighted by Gasteiger charge is -2.33. The highest BCUT2D eigenvalue weighted by Crippen LogP contribution is 2.19. The number of aromatic nitrogens is 1. The van der Waals surface area contributed by atoms with Crippen molar-refractivity contribution in [2.24, 2.45) is 0 Å². The fourth-order valence-corrected chi connectivity index (χ4v) is 3.22. The molecular weight excluding hydrogens is 447 g/mol. The summed E-state index contributed by atoms with van der Waals surface area (Å²) in [5, 5.41) is 11.9. The fourth-order valence-electron chi connectivity index (χ4n) is 2.71. The molecule has 0 unspecified atom stereocenters. The minimum Gasteiger partial charge on any atom is -0.465 e. The monoisotopic (exact) mass is 466 g/mol. The van der Waals surface area contributed by atoms with Crippen molar-refractivity contribution in [1.82, 2.24) is 9.88 Å². The molecule has 136 valence electrons. The number of nitrogens with zero attached hydrogens (tertiary/aromatic N) is 3. The Morgan fingerprint density at radius 2 is 1.88 bits per heavy atom. The predicted octanol–water partition coefficient (Wildman–Crippen LogP) is 3.05. The van der Waals surface area contributed by atoms with Gasteiger partial charge in [-0.15, -0.1) is 0 Å². The highest BCUT2D eigenvalue weighted by molar-refractivity contribution is 14.1. The summed E-state index contributed by atoms with van der Waals surface area (Å²) in [6, 6.07) is 9.30. The third-order valence-corrected chi connectivity index (χ3v) is 5.48. The molecule has 0 bridgehead atoms. The molecule has 2 aromatic rings. The van der Waals surface area contributed by atoms with Gasteiger partial charge in [-0.1, -0.05) is 6.07 Å². The minimum atomic E-state index is -0.893. The first kappa shape index (κ1) is 18.4. The molecule has 1 fully saturated rings. The molecule has 0 saturated carbocycles. The number of carbonyl (C=O) groups excluding carboxylic acids is 1. The molecule has 8 heteroatoms. The molecular formula is C18H19IN4O3. The Kier molecular flexibility index (Phi) is 5.60. The summed E-state index contributed by atoms with van der Waals surface area (Å²) in [6.07, 6.45) is 0.656. The zero-order chi connectivity index (χ0) is 18.7. The highest BCUT2D eigenvalue weighted by Gasteiger charge is 2.21. The van der Waals surface area contributed by atoms with Gasteiger partial charge in [0.05, 0.1) is 5.56 Å². The summed E-state index contributed by atoms with van der Waals surface area (Å²) >= 11 is 2.24. The van der Waals surface area contributed by atoms with Crippen molar-refractivity contribution in [3.8, 4) is 0 Å². The number of aryl methyl sites for hydroxylation is 1. The molecule has 0 aliphatic carbocycles. The number of benzene rings is 1. The molecule has 0 spiro atoms. The number of hydrogen-bond donors (Lipinski definition) is 2. The molecule has 1 aliphatic rings. The molecule has 26 heavy (non-hydrogen) atoms. The molecule has 7 nitrogen and oxygen atoms in total. The van der Waals surface area contributed by atoms with Crippen LogP contribution in [0.5, 0.6) is 0 Å². The maximum absolute atomic E-state index is 12.4. The van der Waals surface area contributed by atoms with Crippen molar-refractivity contribution in [3.63, 3.8) is 0 Å². The number of rotatable bonds is 3. The summed E-state index contributed by atoms with van der Waals surface area (Å²) in [7, 11) is 0. The van der Waals surface area contributed by atoms with Crippen LogP contribution >= 0.6 is 22.6 Å². The Labute approximate surface area is 165 Å². The highest BCUT2D eigenvalue weighted by atomic mass is 127. The van der Waals surface area contributed by atoms with Crippen LogP contribution in [0.3, 0.4) is 0 Å². The quantitative estimate of drug-likeness (QED) is 0.680. The van der Waals surface area contributed by atoms with Crippen molar-refractivity contribution >= 4 is 46.1 Å². The number of halogens is 1. The van der Waals surface area contributed by atoms with E-state index < -0.39 is 6.09 Å². The number of carbonyl (C=O) groups is 2. The van der Waals surface area contributed by atoms with Gasteiger partial charge in [0.2, 0.25) is 0 Å². The third kappa shape index (κ3) is 4.24. The fraction of sp³-hybridized carbons (Fsp3) is 0.278. The Morgan fingerprint density at radius 1 is 1.15 bits per heavy atom. The number of piperazine rings is 1. The summed E-state index contributed by atoms with van der Waals surface area (Å²) in [5.74, 6) is 0.538. The minimum absolute atomic E-state index is 0.209. The molecule has 1 aromatic carbocycles. The van der Waals surface area contributed by atoms with Gasteiger partial charge in [-0.25, -0.2) is 9.78 Å². The van der Waals surface area contributed by atoms with Gasteiger partial charge < -0.3 is 20.2 Å². The van der Waals surface area contributed by atoms with Gasteiger partial charge in [-0.05, 0) is 59.3 Å². The van der Waals surface area contributed by atoms with Gasteiger partial charge in [-0.2, -0.15) is 0 Å². The van der Waals surface area contributed by atoms with Crippen LogP contribution in [0.25, 0.3) is 0 Å². The largest absolute Gasteiger partial charge is 0.465 e. The van der Waals surface area contributed by atoms with Crippen LogP contribution in [0.1, 0.15) is 15.9 Å². The number of pyridine rings is 1. The summed E-state index contributed by atoms with van der Waals surface area (Å²) in [5.41, 5.74) is 2.39. The van der Waals surface area contributed by atoms with E-state index in [0.717, 1.165) is 20.6 Å². The van der Waals surface area contributed by atoms with Crippen LogP contribution in [-0.2, 0) is 0 Å². The zero-order valence-electron chi connectivity index (χ0n) is 14.3. The number of amides is 2. The van der Waals surface area contributed by atoms with E-state index in [1.165, 1.54) is 4.90 Å². The topological polar surface area (TPSA) is 85.8 Å². The zero-order valence-corrected chi connectivity index (χ0v) is 16.4. The summed E-state index contributed by atoms with van der Waals surface area (Å²) in [6.45, 7) is 4.10. The third-order valence-electron chi connectivity index (χ3n) is 4.31. The first-order valence-electron chi connectivity index (χ1n) is 8.20. The van der Waals surface area contributed by atoms with E-state index in [9.17, 15) is 9.59 Å². The lowest BCUT2D eigenvalue weighted by molar-refractivity contribution is 0.102. The van der Waals surface area contributed by atoms with Crippen molar-refractivity contribution in [1.29, 1.82) is 0 Å². The number of carboxylic acid groups (broad SMARTS) is 1. The Hall–Kier alpha value is -2.36. The molecule has 1 aliphatic heterocycles. The maximum Gasteiger partial charge on any atom is 0.407 e. The van der Waals surface area contributed by atoms with Gasteiger partial charge >= 0.3 is 6.09 Å². The van der Waals surface area contributed by atoms with Crippen molar-refractivity contribution < 1.29 is 14.7 Å². The van der Waals surface area contributed by atoms with Crippen molar-refractivity contribution in [3.05, 3.63) is 51.2 Å². The van der Waals surface area contributed by atoms with Gasteiger partial charge in [0.25, 0.3) is 5.91 Å². The van der Waals surface area contributed by atoms with E-state index in [1.807, 2.05) is 30.0 Å². The van der Waals surface area contributed by atoms with E-state index in [0.29, 0.717) is 31.7 Å². The average Bonchev–Trinajstić information content (AvgIpc) is 2.65. The molecule has 1 aromatic heterocycles. The molecule has 2 amide bonds. The Bertz CT molecular complexity index is 818. The lowest BCUT2D eigenvalue weighted by atomic mass is 10.2. The Balaban J connectivity index is 1.63. The van der Waals surface area contributed by atoms with Crippen LogP contribution in [0.2, 0.25) is 0 Å². The molecule has 0 radical (unpaired) electrons. The number of hydrogen-bond acceptors (Lipinski definition) is 4. The molecule has 1 saturated heterocycles. The van der Waals surface area contributed by atoms with Crippen LogP contribution in [0, 0.1) is 10.5 Å². The van der Waals surface area contributed by atoms with Gasteiger partial charge in [-0.3, -0.25) is 4.79 Å². The van der Waals surface area contributed by atoms with E-state index in [2.05, 4.69) is 32.9 Å². The second kappa shape index (κ2) is 7.90.